The fourth-order valence-electron chi connectivity index (χ4n) is 2.64. The van der Waals surface area contributed by atoms with E-state index in [1.54, 1.807) is 0 Å². The molecule has 1 fully saturated rings. The third-order valence-corrected chi connectivity index (χ3v) is 3.67. The van der Waals surface area contributed by atoms with Gasteiger partial charge in [-0.2, -0.15) is 0 Å². The van der Waals surface area contributed by atoms with Crippen LogP contribution >= 0.6 is 0 Å². The van der Waals surface area contributed by atoms with Crippen LogP contribution in [0.1, 0.15) is 26.7 Å². The second kappa shape index (κ2) is 7.33. The lowest BCUT2D eigenvalue weighted by Gasteiger charge is -2.30. The van der Waals surface area contributed by atoms with Crippen molar-refractivity contribution in [1.82, 2.24) is 10.2 Å². The first-order chi connectivity index (χ1) is 8.95. The summed E-state index contributed by atoms with van der Waals surface area (Å²) in [4.78, 5) is 14.4. The number of hydrogen-bond donors (Lipinski definition) is 3. The van der Waals surface area contributed by atoms with Gasteiger partial charge in [0.05, 0.1) is 0 Å². The van der Waals surface area contributed by atoms with E-state index in [1.807, 2.05) is 13.8 Å². The fraction of sp³-hybridized carbons (Fsp3) is 0.846. The number of rotatable bonds is 5. The number of carbonyl (C=O) groups is 1. The number of nitrogens with one attached hydrogen (secondary N) is 1. The van der Waals surface area contributed by atoms with Crippen molar-refractivity contribution in [3.63, 3.8) is 0 Å². The van der Waals surface area contributed by atoms with Crippen molar-refractivity contribution in [2.45, 2.75) is 26.7 Å². The lowest BCUT2D eigenvalue weighted by molar-refractivity contribution is -0.124. The molecule has 0 bridgehead atoms. The molecule has 1 aliphatic heterocycles. The van der Waals surface area contributed by atoms with Crippen LogP contribution in [0.2, 0.25) is 0 Å². The largest absolute Gasteiger partial charge is 0.409 e. The summed E-state index contributed by atoms with van der Waals surface area (Å²) in [6.07, 6.45) is 2.31. The minimum absolute atomic E-state index is 0.00456. The number of nitrogens with two attached hydrogens (primary N) is 1. The lowest BCUT2D eigenvalue weighted by atomic mass is 9.93. The second-order valence-electron chi connectivity index (χ2n) is 5.76. The predicted molar refractivity (Wildman–Crippen MR) is 75.0 cm³/mol. The average Bonchev–Trinajstić information content (AvgIpc) is 2.36. The Labute approximate surface area is 115 Å². The highest BCUT2D eigenvalue weighted by Gasteiger charge is 2.27. The summed E-state index contributed by atoms with van der Waals surface area (Å²) in [5, 5.41) is 14.6. The maximum atomic E-state index is 12.1. The minimum Gasteiger partial charge on any atom is -0.409 e. The molecule has 19 heavy (non-hydrogen) atoms. The van der Waals surface area contributed by atoms with Crippen molar-refractivity contribution in [2.75, 3.05) is 26.7 Å². The molecule has 2 unspecified atom stereocenters. The number of carbonyl (C=O) groups excluding carboxylic acids is 1. The summed E-state index contributed by atoms with van der Waals surface area (Å²) in [7, 11) is 2.10. The highest BCUT2D eigenvalue weighted by atomic mass is 16.4. The van der Waals surface area contributed by atoms with Crippen molar-refractivity contribution in [1.29, 1.82) is 0 Å². The van der Waals surface area contributed by atoms with Gasteiger partial charge in [0.2, 0.25) is 5.91 Å². The monoisotopic (exact) mass is 270 g/mol. The van der Waals surface area contributed by atoms with Gasteiger partial charge in [-0.3, -0.25) is 4.79 Å². The van der Waals surface area contributed by atoms with E-state index in [9.17, 15) is 4.79 Å². The van der Waals surface area contributed by atoms with Gasteiger partial charge < -0.3 is 21.2 Å². The van der Waals surface area contributed by atoms with Crippen LogP contribution in [0.3, 0.4) is 0 Å². The first-order valence-corrected chi connectivity index (χ1v) is 6.89. The van der Waals surface area contributed by atoms with Crippen LogP contribution in [0.15, 0.2) is 5.16 Å². The van der Waals surface area contributed by atoms with Crippen LogP contribution in [0.5, 0.6) is 0 Å². The zero-order valence-electron chi connectivity index (χ0n) is 12.1. The van der Waals surface area contributed by atoms with Crippen LogP contribution < -0.4 is 11.1 Å². The molecule has 6 heteroatoms. The number of amidine groups is 1. The molecule has 0 saturated carbocycles. The zero-order chi connectivity index (χ0) is 14.4. The number of hydrogen-bond acceptors (Lipinski definition) is 4. The van der Waals surface area contributed by atoms with E-state index >= 15 is 0 Å². The van der Waals surface area contributed by atoms with Crippen LogP contribution in [0.4, 0.5) is 0 Å². The molecule has 0 aromatic rings. The summed E-state index contributed by atoms with van der Waals surface area (Å²) in [5.74, 6) is -0.245. The molecular weight excluding hydrogens is 244 g/mol. The highest BCUT2D eigenvalue weighted by Crippen LogP contribution is 2.15. The molecule has 1 aliphatic rings. The van der Waals surface area contributed by atoms with Gasteiger partial charge in [0.15, 0.2) is 5.84 Å². The molecular formula is C13H26N4O2. The summed E-state index contributed by atoms with van der Waals surface area (Å²) < 4.78 is 0. The van der Waals surface area contributed by atoms with Crippen LogP contribution in [-0.4, -0.2) is 48.5 Å². The van der Waals surface area contributed by atoms with E-state index in [0.717, 1.165) is 19.5 Å². The van der Waals surface area contributed by atoms with Crippen molar-refractivity contribution in [3.05, 3.63) is 0 Å². The van der Waals surface area contributed by atoms with E-state index in [-0.39, 0.29) is 17.7 Å². The molecule has 0 aromatic carbocycles. The molecule has 6 nitrogen and oxygen atoms in total. The molecule has 4 N–H and O–H groups in total. The van der Waals surface area contributed by atoms with Crippen molar-refractivity contribution in [2.24, 2.45) is 28.6 Å². The predicted octanol–water partition coefficient (Wildman–Crippen LogP) is 0.463. The lowest BCUT2D eigenvalue weighted by Crippen LogP contribution is -2.45. The number of likely N-dealkylation sites (tertiary alicyclic amines) is 1. The topological polar surface area (TPSA) is 91.0 Å². The number of piperidine rings is 1. The van der Waals surface area contributed by atoms with E-state index in [4.69, 9.17) is 10.9 Å². The van der Waals surface area contributed by atoms with Gasteiger partial charge >= 0.3 is 0 Å². The normalized spacial score (nSPS) is 23.4. The van der Waals surface area contributed by atoms with Gasteiger partial charge in [0, 0.05) is 13.1 Å². The standard InChI is InChI=1S/C13H26N4O2/c1-9(2)11(12(14)16-19)13(18)15-7-10-5-4-6-17(3)8-10/h9-11,19H,4-8H2,1-3H3,(H2,14,16)(H,15,18). The molecule has 0 aromatic heterocycles. The summed E-state index contributed by atoms with van der Waals surface area (Å²) in [5.41, 5.74) is 5.58. The molecule has 1 saturated heterocycles. The van der Waals surface area contributed by atoms with Gasteiger partial charge in [-0.05, 0) is 38.3 Å². The van der Waals surface area contributed by atoms with Crippen molar-refractivity contribution >= 4 is 11.7 Å². The van der Waals surface area contributed by atoms with Crippen LogP contribution in [-0.2, 0) is 4.79 Å². The van der Waals surface area contributed by atoms with Gasteiger partial charge in [0.25, 0.3) is 0 Å². The van der Waals surface area contributed by atoms with Gasteiger partial charge in [-0.25, -0.2) is 0 Å². The van der Waals surface area contributed by atoms with E-state index in [1.165, 1.54) is 6.42 Å². The summed E-state index contributed by atoms with van der Waals surface area (Å²) in [6.45, 7) is 6.57. The molecule has 0 aliphatic carbocycles. The Morgan fingerprint density at radius 1 is 1.58 bits per heavy atom. The molecule has 1 amide bonds. The van der Waals surface area contributed by atoms with E-state index < -0.39 is 5.92 Å². The number of nitrogens with zero attached hydrogens (tertiary/aromatic N) is 2. The summed E-state index contributed by atoms with van der Waals surface area (Å²) >= 11 is 0. The SMILES string of the molecule is CC(C)C(C(=O)NCC1CCCN(C)C1)C(N)=NO. The summed E-state index contributed by atoms with van der Waals surface area (Å²) in [6, 6.07) is 0. The Bertz CT molecular complexity index is 331. The number of oxime groups is 1. The third kappa shape index (κ3) is 4.70. The van der Waals surface area contributed by atoms with Crippen LogP contribution in [0.25, 0.3) is 0 Å². The third-order valence-electron chi connectivity index (χ3n) is 3.67. The van der Waals surface area contributed by atoms with Gasteiger partial charge in [-0.15, -0.1) is 0 Å². The Balaban J connectivity index is 2.48. The molecule has 2 atom stereocenters. The van der Waals surface area contributed by atoms with Gasteiger partial charge in [0.1, 0.15) is 5.92 Å². The second-order valence-corrected chi connectivity index (χ2v) is 5.76. The van der Waals surface area contributed by atoms with Crippen molar-refractivity contribution < 1.29 is 10.0 Å². The first kappa shape index (κ1) is 15.8. The van der Waals surface area contributed by atoms with E-state index in [2.05, 4.69) is 22.4 Å². The van der Waals surface area contributed by atoms with Gasteiger partial charge in [-0.1, -0.05) is 19.0 Å². The molecule has 0 radical (unpaired) electrons. The van der Waals surface area contributed by atoms with Crippen LogP contribution in [0, 0.1) is 17.8 Å². The Hall–Kier alpha value is -1.30. The molecule has 0 spiro atoms. The first-order valence-electron chi connectivity index (χ1n) is 6.89. The quantitative estimate of drug-likeness (QED) is 0.293. The maximum Gasteiger partial charge on any atom is 0.231 e. The smallest absolute Gasteiger partial charge is 0.231 e. The highest BCUT2D eigenvalue weighted by molar-refractivity contribution is 6.02. The van der Waals surface area contributed by atoms with Crippen molar-refractivity contribution in [3.8, 4) is 0 Å². The molecule has 110 valence electrons. The maximum absolute atomic E-state index is 12.1. The number of amides is 1. The molecule has 1 heterocycles. The average molecular weight is 270 g/mol. The minimum atomic E-state index is -0.564. The zero-order valence-corrected chi connectivity index (χ0v) is 12.1. The fourth-order valence-corrected chi connectivity index (χ4v) is 2.64. The Morgan fingerprint density at radius 3 is 2.79 bits per heavy atom. The Morgan fingerprint density at radius 2 is 2.26 bits per heavy atom. The molecule has 1 rings (SSSR count). The Kier molecular flexibility index (Phi) is 6.08. The van der Waals surface area contributed by atoms with E-state index in [0.29, 0.717) is 12.5 Å².